The second kappa shape index (κ2) is 11.8. The maximum atomic E-state index is 10.3. The van der Waals surface area contributed by atoms with E-state index in [9.17, 15) is 5.26 Å². The third kappa shape index (κ3) is 4.39. The summed E-state index contributed by atoms with van der Waals surface area (Å²) in [7, 11) is 0. The first-order valence-corrected chi connectivity index (χ1v) is 18.3. The van der Waals surface area contributed by atoms with E-state index in [1.165, 1.54) is 32.6 Å². The third-order valence-electron chi connectivity index (χ3n) is 11.1. The fraction of sp³-hybridized carbons (Fsp3) is 0. The summed E-state index contributed by atoms with van der Waals surface area (Å²) in [6.45, 7) is 7.86. The molecule has 0 unspecified atom stereocenters. The highest BCUT2D eigenvalue weighted by atomic mass is 15.1. The van der Waals surface area contributed by atoms with Gasteiger partial charge in [-0.25, -0.2) is 4.85 Å². The minimum atomic E-state index is 0.602. The van der Waals surface area contributed by atoms with Crippen LogP contribution in [0.25, 0.3) is 98.5 Å². The number of benzene rings is 8. The Morgan fingerprint density at radius 1 is 0.455 bits per heavy atom. The molecule has 8 aromatic carbocycles. The van der Waals surface area contributed by atoms with Gasteiger partial charge < -0.3 is 13.7 Å². The molecule has 3 heterocycles. The van der Waals surface area contributed by atoms with Gasteiger partial charge in [0.05, 0.1) is 51.5 Å². The van der Waals surface area contributed by atoms with Crippen LogP contribution in [0.15, 0.2) is 176 Å². The second-order valence-electron chi connectivity index (χ2n) is 13.9. The molecule has 0 saturated carbocycles. The zero-order valence-electron chi connectivity index (χ0n) is 29.5. The molecule has 0 saturated heterocycles. The van der Waals surface area contributed by atoms with Gasteiger partial charge >= 0.3 is 0 Å². The smallest absolute Gasteiger partial charge is 0.197 e. The number of rotatable bonds is 4. The van der Waals surface area contributed by atoms with E-state index in [4.69, 9.17) is 6.57 Å². The Hall–Kier alpha value is -7.86. The molecule has 0 aliphatic carbocycles. The van der Waals surface area contributed by atoms with E-state index in [2.05, 4.69) is 164 Å². The average molecular weight is 700 g/mol. The predicted molar refractivity (Wildman–Crippen MR) is 226 cm³/mol. The molecule has 0 N–H and O–H groups in total. The van der Waals surface area contributed by atoms with Gasteiger partial charge in [-0.15, -0.1) is 0 Å². The van der Waals surface area contributed by atoms with Crippen LogP contribution < -0.4 is 0 Å². The Balaban J connectivity index is 1.11. The van der Waals surface area contributed by atoms with Crippen molar-refractivity contribution >= 4 is 71.1 Å². The number of hydrogen-bond donors (Lipinski definition) is 0. The summed E-state index contributed by atoms with van der Waals surface area (Å²) in [5.41, 5.74) is 12.7. The third-order valence-corrected chi connectivity index (χ3v) is 11.1. The standard InChI is InChI=1S/C50H29N5/c1-52-42-17-11-22-47-49(42)40-15-5-9-21-46(40)53(47)35-29-26-33(31-51)41(30-35)32-24-27-34(28-25-32)54-43-18-6-4-14-38(43)39-16-10-23-48(50(39)54)55-44-19-7-2-12-36(44)37-13-3-8-20-45(37)55/h2-30H. The van der Waals surface area contributed by atoms with Crippen molar-refractivity contribution < 1.29 is 0 Å². The quantitative estimate of drug-likeness (QED) is 0.169. The molecule has 11 aromatic rings. The van der Waals surface area contributed by atoms with Crippen molar-refractivity contribution in [1.29, 1.82) is 5.26 Å². The van der Waals surface area contributed by atoms with Gasteiger partial charge in [0.25, 0.3) is 0 Å². The van der Waals surface area contributed by atoms with Crippen molar-refractivity contribution in [3.63, 3.8) is 0 Å². The minimum Gasteiger partial charge on any atom is -0.311 e. The average Bonchev–Trinajstić information content (AvgIpc) is 3.90. The first-order chi connectivity index (χ1) is 27.2. The first-order valence-electron chi connectivity index (χ1n) is 18.3. The fourth-order valence-corrected chi connectivity index (χ4v) is 8.80. The van der Waals surface area contributed by atoms with Crippen LogP contribution in [-0.4, -0.2) is 13.7 Å². The summed E-state index contributed by atoms with van der Waals surface area (Å²) in [5, 5.41) is 17.1. The molecule has 55 heavy (non-hydrogen) atoms. The van der Waals surface area contributed by atoms with E-state index in [1.54, 1.807) is 0 Å². The van der Waals surface area contributed by atoms with Gasteiger partial charge in [0.1, 0.15) is 0 Å². The van der Waals surface area contributed by atoms with Crippen LogP contribution in [0.2, 0.25) is 0 Å². The van der Waals surface area contributed by atoms with E-state index in [1.807, 2.05) is 36.4 Å². The zero-order valence-corrected chi connectivity index (χ0v) is 29.5. The first kappa shape index (κ1) is 30.7. The summed E-state index contributed by atoms with van der Waals surface area (Å²) in [6.07, 6.45) is 0. The Bertz CT molecular complexity index is 3400. The van der Waals surface area contributed by atoms with Gasteiger partial charge in [0.2, 0.25) is 0 Å². The van der Waals surface area contributed by atoms with Crippen LogP contribution in [0, 0.1) is 17.9 Å². The lowest BCUT2D eigenvalue weighted by atomic mass is 9.99. The van der Waals surface area contributed by atoms with Gasteiger partial charge in [-0.05, 0) is 77.7 Å². The molecule has 3 aromatic heterocycles. The van der Waals surface area contributed by atoms with Gasteiger partial charge in [-0.3, -0.25) is 0 Å². The lowest BCUT2D eigenvalue weighted by Gasteiger charge is -2.15. The maximum Gasteiger partial charge on any atom is 0.197 e. The van der Waals surface area contributed by atoms with Gasteiger partial charge in [0.15, 0.2) is 5.69 Å². The van der Waals surface area contributed by atoms with Crippen molar-refractivity contribution in [2.24, 2.45) is 0 Å². The van der Waals surface area contributed by atoms with Crippen LogP contribution in [0.3, 0.4) is 0 Å². The van der Waals surface area contributed by atoms with Crippen LogP contribution >= 0.6 is 0 Å². The molecule has 5 nitrogen and oxygen atoms in total. The summed E-state index contributed by atoms with van der Waals surface area (Å²) in [4.78, 5) is 3.85. The van der Waals surface area contributed by atoms with Crippen molar-refractivity contribution in [3.8, 4) is 34.3 Å². The van der Waals surface area contributed by atoms with Crippen molar-refractivity contribution in [3.05, 3.63) is 193 Å². The monoisotopic (exact) mass is 699 g/mol. The number of para-hydroxylation sites is 5. The molecule has 0 aliphatic rings. The highest BCUT2D eigenvalue weighted by Gasteiger charge is 2.21. The van der Waals surface area contributed by atoms with Gasteiger partial charge in [0, 0.05) is 49.4 Å². The van der Waals surface area contributed by atoms with Crippen molar-refractivity contribution in [2.75, 3.05) is 0 Å². The molecule has 0 spiro atoms. The molecular weight excluding hydrogens is 671 g/mol. The Kier molecular flexibility index (Phi) is 6.61. The molecule has 11 rings (SSSR count). The number of fused-ring (bicyclic) bond motifs is 9. The molecule has 0 aliphatic heterocycles. The van der Waals surface area contributed by atoms with E-state index in [0.717, 1.165) is 61.0 Å². The van der Waals surface area contributed by atoms with Crippen molar-refractivity contribution in [2.45, 2.75) is 0 Å². The lowest BCUT2D eigenvalue weighted by molar-refractivity contribution is 1.13. The van der Waals surface area contributed by atoms with E-state index in [-0.39, 0.29) is 0 Å². The number of nitriles is 1. The molecule has 0 amide bonds. The molecular formula is C50H29N5. The van der Waals surface area contributed by atoms with E-state index in [0.29, 0.717) is 11.3 Å². The second-order valence-corrected chi connectivity index (χ2v) is 13.9. The maximum absolute atomic E-state index is 10.3. The van der Waals surface area contributed by atoms with Gasteiger partial charge in [-0.1, -0.05) is 109 Å². The van der Waals surface area contributed by atoms with Gasteiger partial charge in [-0.2, -0.15) is 5.26 Å². The van der Waals surface area contributed by atoms with Crippen LogP contribution in [-0.2, 0) is 0 Å². The summed E-state index contributed by atoms with van der Waals surface area (Å²) in [6, 6.07) is 63.6. The number of nitrogens with zero attached hydrogens (tertiary/aromatic N) is 5. The minimum absolute atomic E-state index is 0.602. The van der Waals surface area contributed by atoms with Crippen LogP contribution in [0.4, 0.5) is 5.69 Å². The SMILES string of the molecule is [C-]#[N+]c1cccc2c1c1ccccc1n2-c1ccc(C#N)c(-c2ccc(-n3c4ccccc4c4cccc(-n5c6ccccc6c6ccccc65)c43)cc2)c1. The molecule has 254 valence electrons. The van der Waals surface area contributed by atoms with E-state index >= 15 is 0 Å². The van der Waals surface area contributed by atoms with Crippen LogP contribution in [0.5, 0.6) is 0 Å². The van der Waals surface area contributed by atoms with Crippen molar-refractivity contribution in [1.82, 2.24) is 13.7 Å². The number of aromatic nitrogens is 3. The Labute approximate surface area is 316 Å². The summed E-state index contributed by atoms with van der Waals surface area (Å²) < 4.78 is 6.98. The molecule has 0 bridgehead atoms. The van der Waals surface area contributed by atoms with E-state index < -0.39 is 0 Å². The Morgan fingerprint density at radius 2 is 0.982 bits per heavy atom. The number of hydrogen-bond acceptors (Lipinski definition) is 1. The highest BCUT2D eigenvalue weighted by molar-refractivity contribution is 6.16. The lowest BCUT2D eigenvalue weighted by Crippen LogP contribution is -2.00. The molecule has 5 heteroatoms. The zero-order chi connectivity index (χ0) is 36.6. The summed E-state index contributed by atoms with van der Waals surface area (Å²) >= 11 is 0. The predicted octanol–water partition coefficient (Wildman–Crippen LogP) is 13.1. The normalized spacial score (nSPS) is 11.6. The molecule has 0 fully saturated rings. The molecule has 0 atom stereocenters. The largest absolute Gasteiger partial charge is 0.311 e. The topological polar surface area (TPSA) is 42.9 Å². The Morgan fingerprint density at radius 3 is 1.64 bits per heavy atom. The van der Waals surface area contributed by atoms with Crippen LogP contribution in [0.1, 0.15) is 5.56 Å². The molecule has 0 radical (unpaired) electrons. The fourth-order valence-electron chi connectivity index (χ4n) is 8.80. The highest BCUT2D eigenvalue weighted by Crippen LogP contribution is 2.41. The summed E-state index contributed by atoms with van der Waals surface area (Å²) in [5.74, 6) is 0.